The highest BCUT2D eigenvalue weighted by atomic mass is 16.5. The Morgan fingerprint density at radius 3 is 2.44 bits per heavy atom. The van der Waals surface area contributed by atoms with E-state index in [0.717, 1.165) is 32.7 Å². The molecule has 0 aliphatic heterocycles. The molecule has 0 aliphatic rings. The van der Waals surface area contributed by atoms with Gasteiger partial charge in [0, 0.05) is 19.1 Å². The normalized spacial score (nSPS) is 12.5. The van der Waals surface area contributed by atoms with Gasteiger partial charge >= 0.3 is 6.03 Å². The molecule has 0 saturated heterocycles. The van der Waals surface area contributed by atoms with Gasteiger partial charge in [-0.25, -0.2) is 4.79 Å². The highest BCUT2D eigenvalue weighted by Gasteiger charge is 2.03. The van der Waals surface area contributed by atoms with Gasteiger partial charge in [0.1, 0.15) is 0 Å². The summed E-state index contributed by atoms with van der Waals surface area (Å²) in [7, 11) is 0. The molecule has 1 unspecified atom stereocenters. The lowest BCUT2D eigenvalue weighted by molar-refractivity contribution is 0.109. The number of nitrogens with one attached hydrogen (secondary N) is 2. The van der Waals surface area contributed by atoms with Crippen LogP contribution >= 0.6 is 0 Å². The number of likely N-dealkylation sites (N-methyl/N-ethyl adjacent to an activating group) is 1. The van der Waals surface area contributed by atoms with Crippen molar-refractivity contribution < 1.29 is 9.53 Å². The number of nitrogens with zero attached hydrogens (tertiary/aromatic N) is 1. The average molecular weight is 259 g/mol. The predicted molar refractivity (Wildman–Crippen MR) is 74.9 cm³/mol. The SMILES string of the molecule is CCC(C)NC(=O)NCCOCCN(CC)CC. The van der Waals surface area contributed by atoms with E-state index in [9.17, 15) is 4.79 Å². The first-order chi connectivity index (χ1) is 8.63. The largest absolute Gasteiger partial charge is 0.378 e. The Bertz CT molecular complexity index is 208. The topological polar surface area (TPSA) is 53.6 Å². The van der Waals surface area contributed by atoms with Crippen LogP contribution in [0.4, 0.5) is 4.79 Å². The van der Waals surface area contributed by atoms with Crippen molar-refractivity contribution >= 4 is 6.03 Å². The lowest BCUT2D eigenvalue weighted by Gasteiger charge is -2.17. The first-order valence-electron chi connectivity index (χ1n) is 6.98. The summed E-state index contributed by atoms with van der Waals surface area (Å²) < 4.78 is 5.47. The van der Waals surface area contributed by atoms with E-state index in [1.807, 2.05) is 13.8 Å². The first kappa shape index (κ1) is 17.2. The molecule has 2 N–H and O–H groups in total. The van der Waals surface area contributed by atoms with E-state index in [2.05, 4.69) is 29.4 Å². The summed E-state index contributed by atoms with van der Waals surface area (Å²) >= 11 is 0. The summed E-state index contributed by atoms with van der Waals surface area (Å²) in [5, 5.41) is 5.62. The van der Waals surface area contributed by atoms with Crippen LogP contribution in [0.5, 0.6) is 0 Å². The lowest BCUT2D eigenvalue weighted by atomic mass is 10.3. The van der Waals surface area contributed by atoms with Crippen molar-refractivity contribution in [2.75, 3.05) is 39.4 Å². The van der Waals surface area contributed by atoms with Crippen molar-refractivity contribution in [1.29, 1.82) is 0 Å². The second-order valence-electron chi connectivity index (χ2n) is 4.35. The number of hydrogen-bond acceptors (Lipinski definition) is 3. The number of rotatable bonds is 10. The fraction of sp³-hybridized carbons (Fsp3) is 0.923. The van der Waals surface area contributed by atoms with E-state index >= 15 is 0 Å². The van der Waals surface area contributed by atoms with E-state index in [0.29, 0.717) is 13.2 Å². The molecule has 0 aliphatic carbocycles. The Balaban J connectivity index is 3.37. The fourth-order valence-electron chi connectivity index (χ4n) is 1.45. The highest BCUT2D eigenvalue weighted by Crippen LogP contribution is 1.88. The molecular weight excluding hydrogens is 230 g/mol. The third-order valence-electron chi connectivity index (χ3n) is 2.97. The lowest BCUT2D eigenvalue weighted by Crippen LogP contribution is -2.41. The predicted octanol–water partition coefficient (Wildman–Crippen LogP) is 1.44. The van der Waals surface area contributed by atoms with E-state index in [1.54, 1.807) is 0 Å². The summed E-state index contributed by atoms with van der Waals surface area (Å²) in [6.45, 7) is 13.2. The highest BCUT2D eigenvalue weighted by molar-refractivity contribution is 5.74. The van der Waals surface area contributed by atoms with E-state index in [-0.39, 0.29) is 12.1 Å². The molecule has 0 rings (SSSR count). The van der Waals surface area contributed by atoms with Crippen molar-refractivity contribution in [3.8, 4) is 0 Å². The molecule has 0 spiro atoms. The second-order valence-corrected chi connectivity index (χ2v) is 4.35. The van der Waals surface area contributed by atoms with Gasteiger partial charge in [0.25, 0.3) is 0 Å². The minimum atomic E-state index is -0.114. The minimum absolute atomic E-state index is 0.114. The van der Waals surface area contributed by atoms with Gasteiger partial charge in [-0.3, -0.25) is 0 Å². The molecule has 1 atom stereocenters. The second kappa shape index (κ2) is 11.3. The zero-order valence-electron chi connectivity index (χ0n) is 12.3. The fourth-order valence-corrected chi connectivity index (χ4v) is 1.45. The molecule has 0 aromatic rings. The quantitative estimate of drug-likeness (QED) is 0.584. The Morgan fingerprint density at radius 1 is 1.22 bits per heavy atom. The van der Waals surface area contributed by atoms with Crippen LogP contribution in [-0.2, 0) is 4.74 Å². The molecule has 0 aromatic heterocycles. The zero-order chi connectivity index (χ0) is 13.8. The van der Waals surface area contributed by atoms with Crippen molar-refractivity contribution in [2.24, 2.45) is 0 Å². The summed E-state index contributed by atoms with van der Waals surface area (Å²) in [4.78, 5) is 13.7. The van der Waals surface area contributed by atoms with Gasteiger partial charge in [0.05, 0.1) is 13.2 Å². The van der Waals surface area contributed by atoms with Crippen LogP contribution in [0.1, 0.15) is 34.1 Å². The molecule has 0 aromatic carbocycles. The van der Waals surface area contributed by atoms with E-state index in [1.165, 1.54) is 0 Å². The van der Waals surface area contributed by atoms with E-state index < -0.39 is 0 Å². The summed E-state index contributed by atoms with van der Waals surface area (Å²) in [6, 6.07) is 0.102. The Labute approximate surface area is 111 Å². The molecule has 0 radical (unpaired) electrons. The van der Waals surface area contributed by atoms with Crippen LogP contribution in [0, 0.1) is 0 Å². The van der Waals surface area contributed by atoms with Crippen LogP contribution in [-0.4, -0.2) is 56.4 Å². The van der Waals surface area contributed by atoms with Gasteiger partial charge < -0.3 is 20.3 Å². The molecule has 5 heteroatoms. The molecule has 0 saturated carbocycles. The smallest absolute Gasteiger partial charge is 0.315 e. The average Bonchev–Trinajstić information content (AvgIpc) is 2.37. The molecule has 2 amide bonds. The summed E-state index contributed by atoms with van der Waals surface area (Å²) in [5.74, 6) is 0. The maximum absolute atomic E-state index is 11.4. The number of hydrogen-bond donors (Lipinski definition) is 2. The van der Waals surface area contributed by atoms with Crippen molar-refractivity contribution in [3.63, 3.8) is 0 Å². The maximum atomic E-state index is 11.4. The molecule has 0 bridgehead atoms. The van der Waals surface area contributed by atoms with Crippen molar-refractivity contribution in [3.05, 3.63) is 0 Å². The first-order valence-corrected chi connectivity index (χ1v) is 6.98. The van der Waals surface area contributed by atoms with E-state index in [4.69, 9.17) is 4.74 Å². The van der Waals surface area contributed by atoms with Gasteiger partial charge in [-0.05, 0) is 26.4 Å². The number of amides is 2. The number of carbonyl (C=O) groups excluding carboxylic acids is 1. The molecule has 18 heavy (non-hydrogen) atoms. The van der Waals surface area contributed by atoms with Crippen LogP contribution in [0.3, 0.4) is 0 Å². The minimum Gasteiger partial charge on any atom is -0.378 e. The number of carbonyl (C=O) groups is 1. The van der Waals surface area contributed by atoms with Gasteiger partial charge in [0.2, 0.25) is 0 Å². The molecular formula is C13H29N3O2. The van der Waals surface area contributed by atoms with Gasteiger partial charge in [-0.15, -0.1) is 0 Å². The van der Waals surface area contributed by atoms with Crippen LogP contribution in [0.15, 0.2) is 0 Å². The Hall–Kier alpha value is -0.810. The molecule has 5 nitrogen and oxygen atoms in total. The standard InChI is InChI=1S/C13H29N3O2/c1-5-12(4)15-13(17)14-8-10-18-11-9-16(6-2)7-3/h12H,5-11H2,1-4H3,(H2,14,15,17). The summed E-state index contributed by atoms with van der Waals surface area (Å²) in [6.07, 6.45) is 0.938. The third kappa shape index (κ3) is 9.24. The van der Waals surface area contributed by atoms with Crippen molar-refractivity contribution in [2.45, 2.75) is 40.2 Å². The third-order valence-corrected chi connectivity index (χ3v) is 2.97. The Kier molecular flexibility index (Phi) is 10.8. The summed E-state index contributed by atoms with van der Waals surface area (Å²) in [5.41, 5.74) is 0. The van der Waals surface area contributed by atoms with Gasteiger partial charge in [-0.2, -0.15) is 0 Å². The van der Waals surface area contributed by atoms with Gasteiger partial charge in [0.15, 0.2) is 0 Å². The van der Waals surface area contributed by atoms with Crippen LogP contribution in [0.25, 0.3) is 0 Å². The maximum Gasteiger partial charge on any atom is 0.315 e. The van der Waals surface area contributed by atoms with Gasteiger partial charge in [-0.1, -0.05) is 20.8 Å². The number of ether oxygens (including phenoxy) is 1. The molecule has 0 heterocycles. The van der Waals surface area contributed by atoms with Crippen LogP contribution < -0.4 is 10.6 Å². The van der Waals surface area contributed by atoms with Crippen molar-refractivity contribution in [1.82, 2.24) is 15.5 Å². The number of urea groups is 1. The molecule has 0 fully saturated rings. The Morgan fingerprint density at radius 2 is 1.89 bits per heavy atom. The van der Waals surface area contributed by atoms with Crippen LogP contribution in [0.2, 0.25) is 0 Å². The zero-order valence-corrected chi connectivity index (χ0v) is 12.3. The monoisotopic (exact) mass is 259 g/mol. The molecule has 108 valence electrons.